The van der Waals surface area contributed by atoms with E-state index < -0.39 is 10.3 Å². The molecule has 13 heteroatoms. The number of aromatic nitrogens is 4. The van der Waals surface area contributed by atoms with E-state index in [0.717, 1.165) is 0 Å². The van der Waals surface area contributed by atoms with E-state index in [-0.39, 0.29) is 30.0 Å². The number of halogens is 2. The van der Waals surface area contributed by atoms with Crippen molar-refractivity contribution in [3.63, 3.8) is 0 Å². The van der Waals surface area contributed by atoms with Gasteiger partial charge in [0.05, 0.1) is 28.1 Å². The van der Waals surface area contributed by atoms with Crippen molar-refractivity contribution in [3.8, 4) is 17.1 Å². The molecule has 0 radical (unpaired) electrons. The van der Waals surface area contributed by atoms with E-state index in [1.807, 2.05) is 25.3 Å². The summed E-state index contributed by atoms with van der Waals surface area (Å²) in [6, 6.07) is 13.3. The summed E-state index contributed by atoms with van der Waals surface area (Å²) >= 11 is 7.82. The highest BCUT2D eigenvalue weighted by molar-refractivity contribution is 7.72. The number of nitrogens with zero attached hydrogens (tertiary/aromatic N) is 4. The SMILES string of the molecule is CC(C)CC(OCc1nc(-c2cc3c(Nc4ccc(OCc5cccc(F)c5)c(Cl)c4)ncnc3cn2)cs1)=S(=O)=O. The van der Waals surface area contributed by atoms with Gasteiger partial charge in [0, 0.05) is 22.9 Å². The molecule has 1 N–H and O–H groups in total. The van der Waals surface area contributed by atoms with Crippen LogP contribution in [0, 0.1) is 11.7 Å². The molecule has 0 aliphatic rings. The summed E-state index contributed by atoms with van der Waals surface area (Å²) in [7, 11) is -2.41. The Morgan fingerprint density at radius 2 is 1.93 bits per heavy atom. The van der Waals surface area contributed by atoms with Crippen LogP contribution in [0.15, 0.2) is 66.4 Å². The highest BCUT2D eigenvalue weighted by atomic mass is 35.5. The molecule has 3 aromatic heterocycles. The van der Waals surface area contributed by atoms with Gasteiger partial charge in [-0.1, -0.05) is 37.6 Å². The Labute approximate surface area is 251 Å². The standard InChI is InChI=1S/C29H25ClFN5O4S2/c1-17(2)8-28(42(37)38)40-14-27-36-25(15-41-27)23-11-21-24(12-32-23)33-16-34-29(21)35-20-6-7-26(22(30)10-20)39-13-18-4-3-5-19(31)9-18/h3-7,9-12,15-17H,8,13-14H2,1-2H3,(H,33,34,35). The molecule has 0 fully saturated rings. The summed E-state index contributed by atoms with van der Waals surface area (Å²) in [6.07, 6.45) is 3.40. The number of hydrogen-bond donors (Lipinski definition) is 1. The summed E-state index contributed by atoms with van der Waals surface area (Å²) in [5.41, 5.74) is 3.21. The second-order valence-corrected chi connectivity index (χ2v) is 11.9. The molecule has 0 saturated carbocycles. The molecule has 0 bridgehead atoms. The minimum Gasteiger partial charge on any atom is -0.487 e. The quantitative estimate of drug-likeness (QED) is 0.167. The number of ether oxygens (including phenoxy) is 2. The molecule has 5 rings (SSSR count). The summed E-state index contributed by atoms with van der Waals surface area (Å²) in [4.78, 5) is 17.8. The number of pyridine rings is 1. The van der Waals surface area contributed by atoms with Crippen LogP contribution < -0.4 is 10.1 Å². The zero-order valence-electron chi connectivity index (χ0n) is 22.5. The second-order valence-electron chi connectivity index (χ2n) is 9.62. The fourth-order valence-electron chi connectivity index (χ4n) is 3.96. The molecule has 42 heavy (non-hydrogen) atoms. The molecule has 0 amide bonds. The van der Waals surface area contributed by atoms with Crippen LogP contribution in [0.2, 0.25) is 5.02 Å². The van der Waals surface area contributed by atoms with Crippen LogP contribution in [0.4, 0.5) is 15.9 Å². The van der Waals surface area contributed by atoms with Crippen molar-refractivity contribution >= 4 is 60.7 Å². The average molecular weight is 626 g/mol. The predicted molar refractivity (Wildman–Crippen MR) is 162 cm³/mol. The highest BCUT2D eigenvalue weighted by Crippen LogP contribution is 2.32. The average Bonchev–Trinajstić information content (AvgIpc) is 3.44. The van der Waals surface area contributed by atoms with Gasteiger partial charge in [-0.25, -0.2) is 19.3 Å². The molecule has 0 saturated heterocycles. The number of hydrogen-bond acceptors (Lipinski definition) is 10. The Morgan fingerprint density at radius 1 is 1.07 bits per heavy atom. The van der Waals surface area contributed by atoms with E-state index >= 15 is 0 Å². The predicted octanol–water partition coefficient (Wildman–Crippen LogP) is 6.84. The van der Waals surface area contributed by atoms with E-state index in [2.05, 4.69) is 25.3 Å². The molecule has 3 heterocycles. The Balaban J connectivity index is 1.31. The maximum Gasteiger partial charge on any atom is 0.240 e. The van der Waals surface area contributed by atoms with E-state index in [1.165, 1.54) is 29.8 Å². The summed E-state index contributed by atoms with van der Waals surface area (Å²) < 4.78 is 47.7. The molecule has 9 nitrogen and oxygen atoms in total. The molecule has 0 aliphatic heterocycles. The minimum absolute atomic E-state index is 0.0183. The molecular weight excluding hydrogens is 601 g/mol. The summed E-state index contributed by atoms with van der Waals surface area (Å²) in [5, 5.41) is 6.84. The second kappa shape index (κ2) is 13.3. The Kier molecular flexibility index (Phi) is 9.38. The molecule has 0 spiro atoms. The van der Waals surface area contributed by atoms with Gasteiger partial charge in [0.15, 0.2) is 5.05 Å². The van der Waals surface area contributed by atoms with Gasteiger partial charge in [0.1, 0.15) is 41.9 Å². The van der Waals surface area contributed by atoms with Gasteiger partial charge >= 0.3 is 0 Å². The third-order valence-electron chi connectivity index (χ3n) is 5.93. The summed E-state index contributed by atoms with van der Waals surface area (Å²) in [6.45, 7) is 4.07. The van der Waals surface area contributed by atoms with Gasteiger partial charge in [-0.05, 0) is 47.9 Å². The fourth-order valence-corrected chi connectivity index (χ4v) is 5.52. The van der Waals surface area contributed by atoms with Crippen molar-refractivity contribution in [2.75, 3.05) is 5.32 Å². The van der Waals surface area contributed by atoms with Crippen molar-refractivity contribution in [3.05, 3.63) is 87.8 Å². The van der Waals surface area contributed by atoms with Crippen molar-refractivity contribution < 1.29 is 22.3 Å². The Morgan fingerprint density at radius 3 is 2.69 bits per heavy atom. The maximum atomic E-state index is 13.5. The summed E-state index contributed by atoms with van der Waals surface area (Å²) in [5.74, 6) is 0.818. The lowest BCUT2D eigenvalue weighted by atomic mass is 10.1. The number of rotatable bonds is 10. The van der Waals surface area contributed by atoms with E-state index in [1.54, 1.807) is 36.5 Å². The number of nitrogens with one attached hydrogen (secondary N) is 1. The van der Waals surface area contributed by atoms with Gasteiger partial charge in [0.2, 0.25) is 10.3 Å². The van der Waals surface area contributed by atoms with Crippen LogP contribution >= 0.6 is 22.9 Å². The maximum absolute atomic E-state index is 13.5. The third kappa shape index (κ3) is 7.45. The lowest BCUT2D eigenvalue weighted by Crippen LogP contribution is -2.09. The number of thiazole rings is 1. The number of anilines is 2. The number of fused-ring (bicyclic) bond motifs is 1. The molecule has 0 atom stereocenters. The topological polar surface area (TPSA) is 116 Å². The molecule has 216 valence electrons. The highest BCUT2D eigenvalue weighted by Gasteiger charge is 2.13. The zero-order valence-corrected chi connectivity index (χ0v) is 24.9. The first-order valence-corrected chi connectivity index (χ1v) is 15.2. The molecule has 0 unspecified atom stereocenters. The van der Waals surface area contributed by atoms with Crippen LogP contribution in [-0.2, 0) is 28.2 Å². The zero-order chi connectivity index (χ0) is 29.6. The van der Waals surface area contributed by atoms with Crippen molar-refractivity contribution in [1.82, 2.24) is 19.9 Å². The van der Waals surface area contributed by atoms with Crippen LogP contribution in [0.5, 0.6) is 5.75 Å². The van der Waals surface area contributed by atoms with Crippen LogP contribution in [0.3, 0.4) is 0 Å². The normalized spacial score (nSPS) is 11.2. The fraction of sp³-hybridized carbons (Fsp3) is 0.207. The molecule has 5 aromatic rings. The Hall–Kier alpha value is -3.97. The number of benzene rings is 2. The van der Waals surface area contributed by atoms with Gasteiger partial charge in [-0.3, -0.25) is 4.98 Å². The first-order valence-electron chi connectivity index (χ1n) is 12.8. The lowest BCUT2D eigenvalue weighted by molar-refractivity contribution is 0.286. The molecular formula is C29H25ClFN5O4S2. The van der Waals surface area contributed by atoms with E-state index in [9.17, 15) is 12.8 Å². The van der Waals surface area contributed by atoms with E-state index in [4.69, 9.17) is 21.1 Å². The van der Waals surface area contributed by atoms with Gasteiger partial charge in [-0.15, -0.1) is 11.3 Å². The van der Waals surface area contributed by atoms with Crippen LogP contribution in [0.25, 0.3) is 22.3 Å². The minimum atomic E-state index is -2.41. The molecule has 0 aliphatic carbocycles. The first-order chi connectivity index (χ1) is 20.2. The smallest absolute Gasteiger partial charge is 0.240 e. The van der Waals surface area contributed by atoms with Crippen molar-refractivity contribution in [2.45, 2.75) is 33.5 Å². The largest absolute Gasteiger partial charge is 0.487 e. The van der Waals surface area contributed by atoms with Crippen LogP contribution in [-0.4, -0.2) is 33.4 Å². The monoisotopic (exact) mass is 625 g/mol. The van der Waals surface area contributed by atoms with Gasteiger partial charge < -0.3 is 14.8 Å². The first kappa shape index (κ1) is 29.5. The Bertz CT molecular complexity index is 1870. The van der Waals surface area contributed by atoms with Gasteiger partial charge in [-0.2, -0.15) is 8.42 Å². The van der Waals surface area contributed by atoms with Gasteiger partial charge in [0.25, 0.3) is 0 Å². The third-order valence-corrected chi connectivity index (χ3v) is 7.71. The van der Waals surface area contributed by atoms with Crippen molar-refractivity contribution in [2.24, 2.45) is 5.92 Å². The molecule has 2 aromatic carbocycles. The van der Waals surface area contributed by atoms with Crippen LogP contribution in [0.1, 0.15) is 30.8 Å². The van der Waals surface area contributed by atoms with Crippen molar-refractivity contribution in [1.29, 1.82) is 0 Å². The van der Waals surface area contributed by atoms with E-state index in [0.29, 0.717) is 61.6 Å². The lowest BCUT2D eigenvalue weighted by Gasteiger charge is -2.12.